The molecule has 5 heterocycles. The number of rotatable bonds is 10. The average molecular weight is 531 g/mol. The normalized spacial score (nSPS) is 19.9. The van der Waals surface area contributed by atoms with Crippen LogP contribution in [0.5, 0.6) is 11.6 Å². The molecule has 2 fully saturated rings. The zero-order valence-corrected chi connectivity index (χ0v) is 21.4. The van der Waals surface area contributed by atoms with Gasteiger partial charge in [-0.05, 0) is 55.8 Å². The van der Waals surface area contributed by atoms with Crippen LogP contribution >= 0.6 is 0 Å². The highest BCUT2D eigenvalue weighted by molar-refractivity contribution is 5.95. The van der Waals surface area contributed by atoms with E-state index in [1.807, 2.05) is 30.3 Å². The fourth-order valence-corrected chi connectivity index (χ4v) is 4.63. The SMILES string of the molecule is O=C1COc2ccc(N3C[C@@H](CCNCc4cccc(-c5cccc(OC[C@@H]6CCN6)n5)c4)OC3=O)nc2N1. The minimum Gasteiger partial charge on any atom is -0.480 e. The molecule has 2 saturated heterocycles. The molecule has 0 radical (unpaired) electrons. The number of fused-ring (bicyclic) bond motifs is 1. The lowest BCUT2D eigenvalue weighted by atomic mass is 10.1. The molecular weight excluding hydrogens is 500 g/mol. The van der Waals surface area contributed by atoms with Crippen LogP contribution in [0.3, 0.4) is 0 Å². The molecule has 39 heavy (non-hydrogen) atoms. The molecule has 202 valence electrons. The Morgan fingerprint density at radius 2 is 2.00 bits per heavy atom. The summed E-state index contributed by atoms with van der Waals surface area (Å²) in [5.41, 5.74) is 3.03. The van der Waals surface area contributed by atoms with E-state index in [-0.39, 0.29) is 18.6 Å². The molecule has 11 nitrogen and oxygen atoms in total. The number of hydrogen-bond acceptors (Lipinski definition) is 9. The van der Waals surface area contributed by atoms with Gasteiger partial charge in [0.25, 0.3) is 5.91 Å². The van der Waals surface area contributed by atoms with Gasteiger partial charge in [0, 0.05) is 24.2 Å². The monoisotopic (exact) mass is 530 g/mol. The quantitative estimate of drug-likeness (QED) is 0.339. The lowest BCUT2D eigenvalue weighted by Crippen LogP contribution is -2.46. The Kier molecular flexibility index (Phi) is 7.24. The molecular formula is C28H30N6O5. The van der Waals surface area contributed by atoms with Crippen LogP contribution in [0.2, 0.25) is 0 Å². The first-order valence-corrected chi connectivity index (χ1v) is 13.2. The summed E-state index contributed by atoms with van der Waals surface area (Å²) >= 11 is 0. The van der Waals surface area contributed by atoms with Gasteiger partial charge in [0.15, 0.2) is 18.2 Å². The number of ether oxygens (including phenoxy) is 3. The lowest BCUT2D eigenvalue weighted by molar-refractivity contribution is -0.118. The van der Waals surface area contributed by atoms with Crippen molar-refractivity contribution in [2.24, 2.45) is 0 Å². The van der Waals surface area contributed by atoms with E-state index in [0.717, 1.165) is 29.8 Å². The molecule has 1 aromatic carbocycles. The van der Waals surface area contributed by atoms with Crippen molar-refractivity contribution in [1.82, 2.24) is 20.6 Å². The van der Waals surface area contributed by atoms with Crippen molar-refractivity contribution in [1.29, 1.82) is 0 Å². The predicted octanol–water partition coefficient (Wildman–Crippen LogP) is 2.72. The number of hydrogen-bond donors (Lipinski definition) is 3. The van der Waals surface area contributed by atoms with Gasteiger partial charge in [0.2, 0.25) is 5.88 Å². The van der Waals surface area contributed by atoms with Crippen molar-refractivity contribution < 1.29 is 23.8 Å². The number of aromatic nitrogens is 2. The third-order valence-electron chi connectivity index (χ3n) is 6.89. The zero-order chi connectivity index (χ0) is 26.6. The molecule has 11 heteroatoms. The average Bonchev–Trinajstić information content (AvgIpc) is 3.30. The number of amides is 2. The fraction of sp³-hybridized carbons (Fsp3) is 0.357. The van der Waals surface area contributed by atoms with E-state index in [1.54, 1.807) is 12.1 Å². The number of benzene rings is 1. The van der Waals surface area contributed by atoms with Gasteiger partial charge in [-0.1, -0.05) is 24.3 Å². The molecule has 3 aliphatic rings. The van der Waals surface area contributed by atoms with E-state index in [4.69, 9.17) is 14.2 Å². The highest BCUT2D eigenvalue weighted by atomic mass is 16.6. The van der Waals surface area contributed by atoms with Crippen LogP contribution in [0, 0.1) is 0 Å². The third kappa shape index (κ3) is 5.94. The van der Waals surface area contributed by atoms with Crippen LogP contribution < -0.4 is 30.3 Å². The first-order valence-electron chi connectivity index (χ1n) is 13.2. The maximum absolute atomic E-state index is 12.5. The first-order chi connectivity index (χ1) is 19.1. The van der Waals surface area contributed by atoms with E-state index in [9.17, 15) is 9.59 Å². The second-order valence-corrected chi connectivity index (χ2v) is 9.75. The number of nitrogens with zero attached hydrogens (tertiary/aromatic N) is 3. The molecule has 0 aliphatic carbocycles. The third-order valence-corrected chi connectivity index (χ3v) is 6.89. The van der Waals surface area contributed by atoms with E-state index in [2.05, 4.69) is 38.1 Å². The molecule has 0 bridgehead atoms. The molecule has 3 N–H and O–H groups in total. The predicted molar refractivity (Wildman–Crippen MR) is 144 cm³/mol. The van der Waals surface area contributed by atoms with Gasteiger partial charge in [-0.15, -0.1) is 0 Å². The Balaban J connectivity index is 0.989. The summed E-state index contributed by atoms with van der Waals surface area (Å²) in [5.74, 6) is 1.56. The van der Waals surface area contributed by atoms with Crippen molar-refractivity contribution in [3.63, 3.8) is 0 Å². The van der Waals surface area contributed by atoms with Gasteiger partial charge < -0.3 is 30.2 Å². The van der Waals surface area contributed by atoms with E-state index >= 15 is 0 Å². The topological polar surface area (TPSA) is 127 Å². The summed E-state index contributed by atoms with van der Waals surface area (Å²) in [6, 6.07) is 17.9. The Morgan fingerprint density at radius 3 is 2.87 bits per heavy atom. The Morgan fingerprint density at radius 1 is 1.10 bits per heavy atom. The Labute approximate surface area is 225 Å². The van der Waals surface area contributed by atoms with Crippen LogP contribution in [0.25, 0.3) is 11.3 Å². The zero-order valence-electron chi connectivity index (χ0n) is 21.4. The van der Waals surface area contributed by atoms with E-state index in [0.29, 0.717) is 62.0 Å². The summed E-state index contributed by atoms with van der Waals surface area (Å²) in [6.45, 7) is 3.37. The summed E-state index contributed by atoms with van der Waals surface area (Å²) in [5, 5.41) is 9.43. The maximum Gasteiger partial charge on any atom is 0.415 e. The van der Waals surface area contributed by atoms with Crippen LogP contribution in [0.15, 0.2) is 54.6 Å². The number of cyclic esters (lactones) is 1. The van der Waals surface area contributed by atoms with E-state index < -0.39 is 6.09 Å². The van der Waals surface area contributed by atoms with Crippen LogP contribution in [0.1, 0.15) is 18.4 Å². The van der Waals surface area contributed by atoms with Gasteiger partial charge >= 0.3 is 6.09 Å². The van der Waals surface area contributed by atoms with E-state index in [1.165, 1.54) is 4.90 Å². The second-order valence-electron chi connectivity index (χ2n) is 9.75. The minimum atomic E-state index is -0.453. The highest BCUT2D eigenvalue weighted by Gasteiger charge is 2.33. The fourth-order valence-electron chi connectivity index (χ4n) is 4.63. The van der Waals surface area contributed by atoms with Gasteiger partial charge in [-0.2, -0.15) is 0 Å². The van der Waals surface area contributed by atoms with Crippen LogP contribution in [0.4, 0.5) is 16.4 Å². The Hall–Kier alpha value is -4.22. The van der Waals surface area contributed by atoms with Crippen molar-refractivity contribution in [2.75, 3.05) is 43.1 Å². The summed E-state index contributed by atoms with van der Waals surface area (Å²) in [6.07, 6.45) is 1.08. The lowest BCUT2D eigenvalue weighted by Gasteiger charge is -2.27. The number of nitrogens with one attached hydrogen (secondary N) is 3. The van der Waals surface area contributed by atoms with Crippen molar-refractivity contribution in [3.05, 3.63) is 60.2 Å². The van der Waals surface area contributed by atoms with Gasteiger partial charge in [0.1, 0.15) is 18.5 Å². The van der Waals surface area contributed by atoms with Gasteiger partial charge in [0.05, 0.1) is 12.2 Å². The smallest absolute Gasteiger partial charge is 0.415 e. The molecule has 0 saturated carbocycles. The van der Waals surface area contributed by atoms with Crippen LogP contribution in [-0.4, -0.2) is 67.0 Å². The number of anilines is 2. The highest BCUT2D eigenvalue weighted by Crippen LogP contribution is 2.30. The molecule has 0 unspecified atom stereocenters. The first kappa shape index (κ1) is 25.1. The van der Waals surface area contributed by atoms with Crippen molar-refractivity contribution in [2.45, 2.75) is 31.5 Å². The molecule has 2 amide bonds. The van der Waals surface area contributed by atoms with Crippen LogP contribution in [-0.2, 0) is 16.1 Å². The standard InChI is InChI=1S/C28H30N6O5/c35-25-17-37-23-7-8-24(32-27(23)33-25)34-15-21(39-28(34)36)10-11-29-14-18-3-1-4-19(13-18)22-5-2-6-26(31-22)38-16-20-9-12-30-20/h1-8,13,20-21,29-30H,9-12,14-17H2,(H,32,33,35)/t20-,21+/m0/s1. The summed E-state index contributed by atoms with van der Waals surface area (Å²) < 4.78 is 16.7. The second kappa shape index (κ2) is 11.3. The molecule has 2 aromatic heterocycles. The Bertz CT molecular complexity index is 1360. The van der Waals surface area contributed by atoms with Gasteiger partial charge in [-0.25, -0.2) is 14.8 Å². The number of carbonyl (C=O) groups is 2. The van der Waals surface area contributed by atoms with Gasteiger partial charge in [-0.3, -0.25) is 9.69 Å². The molecule has 2 atom stereocenters. The molecule has 3 aliphatic heterocycles. The van der Waals surface area contributed by atoms with Crippen molar-refractivity contribution >= 4 is 23.6 Å². The largest absolute Gasteiger partial charge is 0.480 e. The van der Waals surface area contributed by atoms with Crippen molar-refractivity contribution in [3.8, 4) is 22.9 Å². The number of carbonyl (C=O) groups excluding carboxylic acids is 2. The summed E-state index contributed by atoms with van der Waals surface area (Å²) in [7, 11) is 0. The molecule has 3 aromatic rings. The maximum atomic E-state index is 12.5. The number of pyridine rings is 2. The summed E-state index contributed by atoms with van der Waals surface area (Å²) in [4.78, 5) is 34.6. The minimum absolute atomic E-state index is 0.0450. The molecule has 6 rings (SSSR count). The molecule has 0 spiro atoms.